The number of nitrogens with one attached hydrogen (secondary N) is 2. The molecule has 3 heterocycles. The predicted molar refractivity (Wildman–Crippen MR) is 137 cm³/mol. The summed E-state index contributed by atoms with van der Waals surface area (Å²) in [6.45, 7) is -0.506. The SMILES string of the molecule is O=C1NCc2c1c1c(c3[nH]c4ccc(F)cc4c23)C=C(C2O[C@H](CO)[C@@H](F)[C@H](O)[C@H]2O)Cc2ccc(F)cc2-1. The highest BCUT2D eigenvalue weighted by Gasteiger charge is 2.46. The molecule has 0 spiro atoms. The van der Waals surface area contributed by atoms with E-state index in [1.54, 1.807) is 18.2 Å². The van der Waals surface area contributed by atoms with Crippen LogP contribution in [0.2, 0.25) is 0 Å². The minimum atomic E-state index is -2.00. The van der Waals surface area contributed by atoms with Gasteiger partial charge in [0.25, 0.3) is 5.91 Å². The monoisotopic (exact) mass is 536 g/mol. The number of carbonyl (C=O) groups is 1. The number of halogens is 3. The third-order valence-electron chi connectivity index (χ3n) is 8.08. The van der Waals surface area contributed by atoms with Gasteiger partial charge in [0.1, 0.15) is 36.1 Å². The fraction of sp³-hybridized carbons (Fsp3) is 0.276. The Bertz CT molecular complexity index is 1730. The lowest BCUT2D eigenvalue weighted by molar-refractivity contribution is -0.200. The molecule has 0 bridgehead atoms. The first-order chi connectivity index (χ1) is 18.8. The Kier molecular flexibility index (Phi) is 5.40. The summed E-state index contributed by atoms with van der Waals surface area (Å²) < 4.78 is 49.3. The van der Waals surface area contributed by atoms with Crippen molar-refractivity contribution in [3.8, 4) is 11.1 Å². The fourth-order valence-electron chi connectivity index (χ4n) is 6.28. The quantitative estimate of drug-likeness (QED) is 0.270. The van der Waals surface area contributed by atoms with Gasteiger partial charge in [0.2, 0.25) is 0 Å². The number of hydrogen-bond donors (Lipinski definition) is 5. The highest BCUT2D eigenvalue weighted by molar-refractivity contribution is 6.20. The van der Waals surface area contributed by atoms with E-state index in [1.807, 2.05) is 0 Å². The molecule has 4 aromatic rings. The van der Waals surface area contributed by atoms with E-state index in [1.165, 1.54) is 24.3 Å². The smallest absolute Gasteiger partial charge is 0.252 e. The summed E-state index contributed by atoms with van der Waals surface area (Å²) in [5.74, 6) is -1.32. The molecule has 7 rings (SSSR count). The van der Waals surface area contributed by atoms with Crippen LogP contribution in [-0.4, -0.2) is 63.4 Å². The van der Waals surface area contributed by atoms with Gasteiger partial charge in [-0.15, -0.1) is 0 Å². The molecule has 2 aliphatic heterocycles. The molecule has 200 valence electrons. The molecule has 5 atom stereocenters. The van der Waals surface area contributed by atoms with Crippen molar-refractivity contribution < 1.29 is 38.0 Å². The average molecular weight is 537 g/mol. The van der Waals surface area contributed by atoms with Gasteiger partial charge in [-0.25, -0.2) is 13.2 Å². The van der Waals surface area contributed by atoms with E-state index in [2.05, 4.69) is 10.3 Å². The summed E-state index contributed by atoms with van der Waals surface area (Å²) in [6.07, 6.45) is -6.20. The number of alkyl halides is 1. The molecule has 1 fully saturated rings. The first-order valence-electron chi connectivity index (χ1n) is 12.6. The van der Waals surface area contributed by atoms with Crippen molar-refractivity contribution in [1.82, 2.24) is 10.3 Å². The minimum Gasteiger partial charge on any atom is -0.394 e. The first kappa shape index (κ1) is 24.3. The lowest BCUT2D eigenvalue weighted by atomic mass is 9.87. The highest BCUT2D eigenvalue weighted by Crippen LogP contribution is 2.47. The van der Waals surface area contributed by atoms with Crippen molar-refractivity contribution in [2.24, 2.45) is 0 Å². The Hall–Kier alpha value is -3.70. The molecule has 3 aromatic carbocycles. The summed E-state index contributed by atoms with van der Waals surface area (Å²) >= 11 is 0. The van der Waals surface area contributed by atoms with Gasteiger partial charge in [0, 0.05) is 34.0 Å². The number of rotatable bonds is 2. The van der Waals surface area contributed by atoms with Gasteiger partial charge in [-0.05, 0) is 65.1 Å². The van der Waals surface area contributed by atoms with Crippen LogP contribution in [0, 0.1) is 11.6 Å². The molecule has 0 saturated carbocycles. The minimum absolute atomic E-state index is 0.126. The Morgan fingerprint density at radius 2 is 1.79 bits per heavy atom. The van der Waals surface area contributed by atoms with Crippen LogP contribution < -0.4 is 5.32 Å². The highest BCUT2D eigenvalue weighted by atomic mass is 19.1. The number of amides is 1. The molecule has 3 aliphatic rings. The van der Waals surface area contributed by atoms with Gasteiger partial charge in [0.05, 0.1) is 17.7 Å². The maximum absolute atomic E-state index is 14.7. The van der Waals surface area contributed by atoms with Crippen LogP contribution in [0.4, 0.5) is 13.2 Å². The van der Waals surface area contributed by atoms with Gasteiger partial charge < -0.3 is 30.4 Å². The zero-order valence-electron chi connectivity index (χ0n) is 20.3. The van der Waals surface area contributed by atoms with Gasteiger partial charge in [0.15, 0.2) is 6.17 Å². The number of aliphatic hydroxyl groups is 3. The maximum Gasteiger partial charge on any atom is 0.252 e. The van der Waals surface area contributed by atoms with Crippen molar-refractivity contribution in [3.05, 3.63) is 75.9 Å². The molecular weight excluding hydrogens is 513 g/mol. The third kappa shape index (κ3) is 3.49. The van der Waals surface area contributed by atoms with Crippen LogP contribution in [-0.2, 0) is 17.7 Å². The van der Waals surface area contributed by atoms with E-state index in [4.69, 9.17) is 4.74 Å². The molecule has 10 heteroatoms. The maximum atomic E-state index is 14.7. The van der Waals surface area contributed by atoms with Crippen LogP contribution in [0.25, 0.3) is 39.0 Å². The van der Waals surface area contributed by atoms with Crippen molar-refractivity contribution in [2.45, 2.75) is 43.6 Å². The summed E-state index contributed by atoms with van der Waals surface area (Å²) in [5.41, 5.74) is 4.68. The molecule has 1 aromatic heterocycles. The number of aromatic nitrogens is 1. The summed E-state index contributed by atoms with van der Waals surface area (Å²) in [6, 6.07) is 8.50. The zero-order chi connectivity index (χ0) is 27.2. The lowest BCUT2D eigenvalue weighted by Gasteiger charge is -2.40. The Morgan fingerprint density at radius 1 is 1.03 bits per heavy atom. The second kappa shape index (κ2) is 8.65. The fourth-order valence-corrected chi connectivity index (χ4v) is 6.28. The van der Waals surface area contributed by atoms with E-state index in [0.717, 1.165) is 0 Å². The molecule has 1 unspecified atom stereocenters. The molecule has 1 saturated heterocycles. The van der Waals surface area contributed by atoms with Crippen molar-refractivity contribution >= 4 is 33.8 Å². The number of ether oxygens (including phenoxy) is 1. The normalized spacial score (nSPS) is 26.2. The van der Waals surface area contributed by atoms with E-state index in [9.17, 15) is 33.3 Å². The molecular formula is C29H23F3N2O5. The number of fused-ring (bicyclic) bond motifs is 10. The van der Waals surface area contributed by atoms with Gasteiger partial charge in [-0.3, -0.25) is 4.79 Å². The van der Waals surface area contributed by atoms with E-state index < -0.39 is 48.8 Å². The van der Waals surface area contributed by atoms with E-state index in [-0.39, 0.29) is 18.9 Å². The Labute approximate surface area is 219 Å². The summed E-state index contributed by atoms with van der Waals surface area (Å²) in [5, 5.41) is 35.0. The lowest BCUT2D eigenvalue weighted by Crippen LogP contribution is -2.57. The standard InChI is InChI=1S/C29H23F3N2O5/c30-13-2-1-11-5-12(28-27(37)26(36)24(32)20(10-35)39-28)6-17-21(15(11)7-13)23-18(9-33-29(23)38)22-16-8-14(31)3-4-19(16)34-25(17)22/h1-4,6-8,20,24,26-28,34-37H,5,9-10H2,(H,33,38)/t20-,24-,26+,27-,28?/m1/s1. The molecule has 5 N–H and O–H groups in total. The van der Waals surface area contributed by atoms with Crippen LogP contribution >= 0.6 is 0 Å². The Morgan fingerprint density at radius 3 is 2.59 bits per heavy atom. The summed E-state index contributed by atoms with van der Waals surface area (Å²) in [7, 11) is 0. The van der Waals surface area contributed by atoms with Gasteiger partial charge >= 0.3 is 0 Å². The predicted octanol–water partition coefficient (Wildman–Crippen LogP) is 3.27. The molecule has 1 amide bonds. The largest absolute Gasteiger partial charge is 0.394 e. The zero-order valence-corrected chi connectivity index (χ0v) is 20.3. The number of carbonyl (C=O) groups excluding carboxylic acids is 1. The van der Waals surface area contributed by atoms with Gasteiger partial charge in [-0.2, -0.15) is 0 Å². The number of benzene rings is 3. The van der Waals surface area contributed by atoms with Crippen molar-refractivity contribution in [3.63, 3.8) is 0 Å². The molecule has 1 aliphatic carbocycles. The van der Waals surface area contributed by atoms with Crippen LogP contribution in [0.15, 0.2) is 42.0 Å². The molecule has 39 heavy (non-hydrogen) atoms. The van der Waals surface area contributed by atoms with Crippen LogP contribution in [0.3, 0.4) is 0 Å². The van der Waals surface area contributed by atoms with Crippen LogP contribution in [0.5, 0.6) is 0 Å². The third-order valence-corrected chi connectivity index (χ3v) is 8.08. The average Bonchev–Trinajstić information content (AvgIpc) is 3.43. The molecule has 7 nitrogen and oxygen atoms in total. The molecule has 0 radical (unpaired) electrons. The topological polar surface area (TPSA) is 115 Å². The number of hydrogen-bond acceptors (Lipinski definition) is 5. The number of H-pyrrole nitrogens is 1. The van der Waals surface area contributed by atoms with E-state index in [0.29, 0.717) is 60.8 Å². The van der Waals surface area contributed by atoms with Crippen molar-refractivity contribution in [2.75, 3.05) is 6.61 Å². The van der Waals surface area contributed by atoms with Crippen molar-refractivity contribution in [1.29, 1.82) is 0 Å². The Balaban J connectivity index is 1.58. The second-order valence-corrected chi connectivity index (χ2v) is 10.3. The second-order valence-electron chi connectivity index (χ2n) is 10.3. The number of aromatic amines is 1. The first-order valence-corrected chi connectivity index (χ1v) is 12.6. The van der Waals surface area contributed by atoms with Gasteiger partial charge in [-0.1, -0.05) is 6.07 Å². The van der Waals surface area contributed by atoms with Crippen LogP contribution in [0.1, 0.15) is 27.0 Å². The van der Waals surface area contributed by atoms with E-state index >= 15 is 0 Å². The summed E-state index contributed by atoms with van der Waals surface area (Å²) in [4.78, 5) is 16.6. The number of aliphatic hydroxyl groups excluding tert-OH is 3.